The van der Waals surface area contributed by atoms with Crippen LogP contribution < -0.4 is 0 Å². The van der Waals surface area contributed by atoms with E-state index in [4.69, 9.17) is 9.98 Å². The van der Waals surface area contributed by atoms with E-state index in [2.05, 4.69) is 88.1 Å². The second kappa shape index (κ2) is 73.1. The zero-order valence-electron chi connectivity index (χ0n) is 62.6. The quantitative estimate of drug-likeness (QED) is 0.0273. The van der Waals surface area contributed by atoms with Crippen LogP contribution in [-0.4, -0.2) is 11.4 Å². The molecule has 0 amide bonds. The Morgan fingerprint density at radius 2 is 0.446 bits per heavy atom. The van der Waals surface area contributed by atoms with Crippen molar-refractivity contribution in [1.29, 1.82) is 0 Å². The van der Waals surface area contributed by atoms with Gasteiger partial charge in [0, 0.05) is 22.9 Å². The average Bonchev–Trinajstić information content (AvgIpc) is 1.89. The molecule has 0 unspecified atom stereocenters. The number of benzene rings is 2. The Hall–Kier alpha value is -2.17. The molecule has 2 nitrogen and oxygen atoms in total. The van der Waals surface area contributed by atoms with Crippen molar-refractivity contribution < 1.29 is 16.5 Å². The van der Waals surface area contributed by atoms with Crippen LogP contribution in [0.3, 0.4) is 0 Å². The van der Waals surface area contributed by atoms with Gasteiger partial charge in [-0.05, 0) is 86.3 Å². The van der Waals surface area contributed by atoms with Gasteiger partial charge >= 0.3 is 0 Å². The molecule has 0 saturated carbocycles. The maximum absolute atomic E-state index is 5.35. The van der Waals surface area contributed by atoms with Gasteiger partial charge in [0.15, 0.2) is 0 Å². The van der Waals surface area contributed by atoms with Crippen molar-refractivity contribution in [1.82, 2.24) is 0 Å². The molecule has 2 aromatic carbocycles. The van der Waals surface area contributed by atoms with Crippen LogP contribution in [-0.2, 0) is 29.3 Å². The summed E-state index contributed by atoms with van der Waals surface area (Å²) in [6.45, 7) is 9.23. The van der Waals surface area contributed by atoms with E-state index in [9.17, 15) is 0 Å². The van der Waals surface area contributed by atoms with Gasteiger partial charge in [0.05, 0.1) is 17.1 Å². The Bertz CT molecular complexity index is 1880. The Kier molecular flexibility index (Phi) is 69.8. The van der Waals surface area contributed by atoms with E-state index >= 15 is 0 Å². The summed E-state index contributed by atoms with van der Waals surface area (Å²) in [6, 6.07) is 18.3. The minimum atomic E-state index is 0. The minimum Gasteiger partial charge on any atom is -0.251 e. The zero-order valence-corrected chi connectivity index (χ0v) is 63.6. The SMILES string of the molecule is CCCCCCCCCCCCCCCCCCCCCCCC#CC(=Nc1ccc(CCCCCCCCCCCCCCCCCCCCCCC)cc1)C(CCCC)=Nc1ccc(CCCCCCCCCCCCCCCCCCCCCCC)cc1.[Ni]. The van der Waals surface area contributed by atoms with Crippen LogP contribution in [0.15, 0.2) is 58.5 Å². The molecular formula is C89H158N2Ni. The molecule has 534 valence electrons. The standard InChI is InChI=1S/C89H158N2.Ni/c1-5-9-13-16-19-22-25-28-31-34-37-40-41-44-47-50-53-56-59-62-65-68-71-75-89(91-87-82-78-85(79-83-87)73-70-67-64-61-58-55-52-49-46-43-39-36-33-30-27-24-21-18-15-11-7-3)88(74-12-8-4)90-86-80-76-84(77-81-86)72-69-66-63-60-57-54-51-48-45-42-38-35-32-29-26-23-20-17-14-10-6-2;/h76-83H,5-70,72-74H2,1-4H3;. The Balaban J connectivity index is 0.0000423. The van der Waals surface area contributed by atoms with Crippen LogP contribution in [0.4, 0.5) is 11.4 Å². The fourth-order valence-corrected chi connectivity index (χ4v) is 13.8. The van der Waals surface area contributed by atoms with Crippen molar-refractivity contribution in [2.24, 2.45) is 9.98 Å². The molecule has 0 atom stereocenters. The van der Waals surface area contributed by atoms with E-state index in [-0.39, 0.29) is 16.5 Å². The third-order valence-electron chi connectivity index (χ3n) is 20.2. The van der Waals surface area contributed by atoms with Gasteiger partial charge in [-0.1, -0.05) is 450 Å². The summed E-state index contributed by atoms with van der Waals surface area (Å²) in [5, 5.41) is 0. The Morgan fingerprint density at radius 3 is 0.685 bits per heavy atom. The zero-order chi connectivity index (χ0) is 64.7. The van der Waals surface area contributed by atoms with E-state index in [1.54, 1.807) is 0 Å². The summed E-state index contributed by atoms with van der Waals surface area (Å²) in [5.74, 6) is 7.24. The van der Waals surface area contributed by atoms with Gasteiger partial charge in [0.2, 0.25) is 0 Å². The fraction of sp³-hybridized carbons (Fsp3) is 0.820. The maximum atomic E-state index is 5.35. The molecule has 0 spiro atoms. The summed E-state index contributed by atoms with van der Waals surface area (Å²) < 4.78 is 0. The van der Waals surface area contributed by atoms with Gasteiger partial charge in [-0.15, -0.1) is 0 Å². The number of aryl methyl sites for hydroxylation is 2. The molecule has 3 heteroatoms. The van der Waals surface area contributed by atoms with Crippen LogP contribution in [0.5, 0.6) is 0 Å². The van der Waals surface area contributed by atoms with Gasteiger partial charge in [-0.2, -0.15) is 0 Å². The molecule has 0 aliphatic rings. The van der Waals surface area contributed by atoms with Crippen LogP contribution in [0.1, 0.15) is 469 Å². The second-order valence-electron chi connectivity index (χ2n) is 29.2. The number of rotatable bonds is 71. The first-order chi connectivity index (χ1) is 45.2. The molecule has 2 rings (SSSR count). The molecule has 0 aromatic heterocycles. The number of aliphatic imine (C=N–C) groups is 2. The molecule has 0 saturated heterocycles. The summed E-state index contributed by atoms with van der Waals surface area (Å²) >= 11 is 0. The predicted octanol–water partition coefficient (Wildman–Crippen LogP) is 31.8. The number of hydrogen-bond acceptors (Lipinski definition) is 2. The largest absolute Gasteiger partial charge is 0.251 e. The predicted molar refractivity (Wildman–Crippen MR) is 414 cm³/mol. The van der Waals surface area contributed by atoms with E-state index in [1.165, 1.54) is 422 Å². The maximum Gasteiger partial charge on any atom is 0.135 e. The van der Waals surface area contributed by atoms with Gasteiger partial charge in [-0.3, -0.25) is 4.99 Å². The van der Waals surface area contributed by atoms with E-state index in [0.29, 0.717) is 0 Å². The molecule has 0 bridgehead atoms. The molecular weight excluding hydrogens is 1160 g/mol. The normalized spacial score (nSPS) is 11.8. The third-order valence-corrected chi connectivity index (χ3v) is 20.2. The summed E-state index contributed by atoms with van der Waals surface area (Å²) in [4.78, 5) is 10.7. The summed E-state index contributed by atoms with van der Waals surface area (Å²) in [6.07, 6.45) is 96.2. The molecule has 0 aliphatic heterocycles. The molecule has 92 heavy (non-hydrogen) atoms. The topological polar surface area (TPSA) is 24.7 Å². The van der Waals surface area contributed by atoms with Crippen molar-refractivity contribution in [2.75, 3.05) is 0 Å². The van der Waals surface area contributed by atoms with Crippen molar-refractivity contribution in [3.63, 3.8) is 0 Å². The fourth-order valence-electron chi connectivity index (χ4n) is 13.8. The van der Waals surface area contributed by atoms with Gasteiger partial charge in [0.25, 0.3) is 0 Å². The molecule has 0 fully saturated rings. The van der Waals surface area contributed by atoms with E-state index < -0.39 is 0 Å². The van der Waals surface area contributed by atoms with Crippen molar-refractivity contribution in [2.45, 2.75) is 471 Å². The Morgan fingerprint density at radius 1 is 0.239 bits per heavy atom. The summed E-state index contributed by atoms with van der Waals surface area (Å²) in [7, 11) is 0. The van der Waals surface area contributed by atoms with Crippen molar-refractivity contribution in [3.8, 4) is 11.8 Å². The van der Waals surface area contributed by atoms with Crippen molar-refractivity contribution >= 4 is 22.8 Å². The average molecular weight is 1310 g/mol. The summed E-state index contributed by atoms with van der Waals surface area (Å²) in [5.41, 5.74) is 6.84. The third kappa shape index (κ3) is 60.3. The molecule has 0 heterocycles. The van der Waals surface area contributed by atoms with E-state index in [1.807, 2.05) is 0 Å². The monoisotopic (exact) mass is 1310 g/mol. The minimum absolute atomic E-state index is 0. The molecule has 2 aromatic rings. The number of nitrogens with zero attached hydrogens (tertiary/aromatic N) is 2. The first-order valence-electron chi connectivity index (χ1n) is 42.0. The van der Waals surface area contributed by atoms with Crippen LogP contribution >= 0.6 is 0 Å². The van der Waals surface area contributed by atoms with Gasteiger partial charge in [0.1, 0.15) is 5.71 Å². The first kappa shape index (κ1) is 87.8. The van der Waals surface area contributed by atoms with Crippen LogP contribution in [0.2, 0.25) is 0 Å². The molecule has 0 N–H and O–H groups in total. The van der Waals surface area contributed by atoms with E-state index in [0.717, 1.165) is 54.9 Å². The second-order valence-corrected chi connectivity index (χ2v) is 29.2. The van der Waals surface area contributed by atoms with Gasteiger partial charge < -0.3 is 0 Å². The smallest absolute Gasteiger partial charge is 0.135 e. The van der Waals surface area contributed by atoms with Gasteiger partial charge in [-0.25, -0.2) is 4.99 Å². The molecule has 0 radical (unpaired) electrons. The Labute approximate surface area is 587 Å². The number of hydrogen-bond donors (Lipinski definition) is 0. The van der Waals surface area contributed by atoms with Crippen LogP contribution in [0, 0.1) is 11.8 Å². The van der Waals surface area contributed by atoms with Crippen molar-refractivity contribution in [3.05, 3.63) is 59.7 Å². The molecule has 0 aliphatic carbocycles. The van der Waals surface area contributed by atoms with Crippen LogP contribution in [0.25, 0.3) is 0 Å². The first-order valence-corrected chi connectivity index (χ1v) is 42.0. The number of unbranched alkanes of at least 4 members (excludes halogenated alkanes) is 62.